The summed E-state index contributed by atoms with van der Waals surface area (Å²) >= 11 is 0.752. The zero-order valence-corrected chi connectivity index (χ0v) is 12.4. The molecule has 0 radical (unpaired) electrons. The molecular weight excluding hydrogens is 317 g/mol. The molecule has 1 aromatic heterocycles. The van der Waals surface area contributed by atoms with Crippen molar-refractivity contribution < 1.29 is 22.7 Å². The van der Waals surface area contributed by atoms with Crippen molar-refractivity contribution in [3.63, 3.8) is 0 Å². The fourth-order valence-corrected chi connectivity index (χ4v) is 2.69. The van der Waals surface area contributed by atoms with Crippen molar-refractivity contribution in [1.29, 1.82) is 0 Å². The van der Waals surface area contributed by atoms with Gasteiger partial charge in [0, 0.05) is 5.38 Å². The topological polar surface area (TPSA) is 43.6 Å². The number of carbonyl (C=O) groups excluding carboxylic acids is 1. The molecule has 2 aromatic rings. The van der Waals surface area contributed by atoms with Crippen LogP contribution in [0.15, 0.2) is 40.7 Å². The van der Waals surface area contributed by atoms with Crippen molar-refractivity contribution in [2.45, 2.75) is 19.6 Å². The number of thiazole rings is 1. The summed E-state index contributed by atoms with van der Waals surface area (Å²) in [4.78, 5) is 15.0. The van der Waals surface area contributed by atoms with Crippen LogP contribution in [0.5, 0.6) is 0 Å². The van der Waals surface area contributed by atoms with Crippen LogP contribution in [0.25, 0.3) is 0 Å². The molecule has 0 saturated heterocycles. The van der Waals surface area contributed by atoms with Crippen LogP contribution >= 0.6 is 11.3 Å². The molecule has 0 atom stereocenters. The first kappa shape index (κ1) is 16.3. The Hall–Kier alpha value is -2.09. The van der Waals surface area contributed by atoms with Crippen LogP contribution in [0, 0.1) is 0 Å². The normalized spacial score (nSPS) is 12.5. The first-order valence-electron chi connectivity index (χ1n) is 6.42. The highest BCUT2D eigenvalue weighted by molar-refractivity contribution is 7.07. The Morgan fingerprint density at radius 3 is 2.59 bits per heavy atom. The highest BCUT2D eigenvalue weighted by Gasteiger charge is 2.35. The highest BCUT2D eigenvalue weighted by Crippen LogP contribution is 2.29. The molecule has 8 heteroatoms. The number of halogens is 3. The molecule has 0 bridgehead atoms. The maximum Gasteiger partial charge on any atom is 0.436 e. The number of nitrogens with zero attached hydrogens (tertiary/aromatic N) is 2. The Kier molecular flexibility index (Phi) is 5.02. The van der Waals surface area contributed by atoms with Gasteiger partial charge in [0.15, 0.2) is 4.80 Å². The summed E-state index contributed by atoms with van der Waals surface area (Å²) in [7, 11) is 0. The molecule has 1 amide bonds. The number of carbonyl (C=O) groups is 1. The van der Waals surface area contributed by atoms with Crippen molar-refractivity contribution in [2.24, 2.45) is 4.99 Å². The average Bonchev–Trinajstić information content (AvgIpc) is 2.83. The number of amides is 1. The van der Waals surface area contributed by atoms with Gasteiger partial charge < -0.3 is 9.30 Å². The molecule has 4 nitrogen and oxygen atoms in total. The second-order valence-corrected chi connectivity index (χ2v) is 5.12. The Morgan fingerprint density at radius 2 is 2.00 bits per heavy atom. The molecule has 0 aliphatic carbocycles. The molecular formula is C14H13F3N2O2S. The van der Waals surface area contributed by atoms with E-state index in [1.54, 1.807) is 37.3 Å². The van der Waals surface area contributed by atoms with E-state index >= 15 is 0 Å². The van der Waals surface area contributed by atoms with Gasteiger partial charge in [-0.1, -0.05) is 30.3 Å². The van der Waals surface area contributed by atoms with E-state index in [-0.39, 0.29) is 18.0 Å². The van der Waals surface area contributed by atoms with Crippen LogP contribution < -0.4 is 4.80 Å². The molecule has 0 fully saturated rings. The third kappa shape index (κ3) is 3.97. The first-order valence-corrected chi connectivity index (χ1v) is 7.30. The Morgan fingerprint density at radius 1 is 1.32 bits per heavy atom. The van der Waals surface area contributed by atoms with Gasteiger partial charge in [0.25, 0.3) is 0 Å². The van der Waals surface area contributed by atoms with Crippen molar-refractivity contribution in [1.82, 2.24) is 4.57 Å². The molecule has 0 aliphatic heterocycles. The monoisotopic (exact) mass is 330 g/mol. The second-order valence-electron chi connectivity index (χ2n) is 4.28. The summed E-state index contributed by atoms with van der Waals surface area (Å²) in [6.45, 7) is 1.68. The summed E-state index contributed by atoms with van der Waals surface area (Å²) in [6.07, 6.45) is -5.42. The van der Waals surface area contributed by atoms with Crippen molar-refractivity contribution in [3.8, 4) is 0 Å². The van der Waals surface area contributed by atoms with Crippen LogP contribution in [-0.2, 0) is 17.5 Å². The smallest absolute Gasteiger partial charge is 0.436 e. The molecule has 0 N–H and O–H groups in total. The molecule has 1 heterocycles. The molecule has 0 unspecified atom stereocenters. The molecule has 0 saturated carbocycles. The molecule has 118 valence electrons. The van der Waals surface area contributed by atoms with E-state index in [1.165, 1.54) is 0 Å². The van der Waals surface area contributed by atoms with Crippen molar-refractivity contribution in [3.05, 3.63) is 51.8 Å². The predicted molar refractivity (Wildman–Crippen MR) is 75.4 cm³/mol. The molecule has 22 heavy (non-hydrogen) atoms. The summed E-state index contributed by atoms with van der Waals surface area (Å²) in [5.74, 6) is 0. The molecule has 0 spiro atoms. The van der Waals surface area contributed by atoms with E-state index in [1.807, 2.05) is 0 Å². The van der Waals surface area contributed by atoms with E-state index < -0.39 is 18.0 Å². The largest absolute Gasteiger partial charge is 0.448 e. The van der Waals surface area contributed by atoms with Gasteiger partial charge in [-0.3, -0.25) is 0 Å². The fraction of sp³-hybridized carbons (Fsp3) is 0.286. The number of ether oxygens (including phenoxy) is 1. The molecule has 1 aromatic carbocycles. The van der Waals surface area contributed by atoms with Crippen LogP contribution in [0.1, 0.15) is 18.2 Å². The first-order chi connectivity index (χ1) is 10.4. The van der Waals surface area contributed by atoms with Crippen LogP contribution in [0.2, 0.25) is 0 Å². The lowest BCUT2D eigenvalue weighted by Crippen LogP contribution is -2.24. The van der Waals surface area contributed by atoms with Crippen LogP contribution in [0.4, 0.5) is 18.0 Å². The number of aromatic nitrogens is 1. The summed E-state index contributed by atoms with van der Waals surface area (Å²) < 4.78 is 44.9. The van der Waals surface area contributed by atoms with Gasteiger partial charge in [-0.05, 0) is 12.5 Å². The van der Waals surface area contributed by atoms with E-state index in [2.05, 4.69) is 9.73 Å². The zero-order valence-electron chi connectivity index (χ0n) is 11.6. The quantitative estimate of drug-likeness (QED) is 0.862. The Balaban J connectivity index is 2.47. The molecule has 2 rings (SSSR count). The predicted octanol–water partition coefficient (Wildman–Crippen LogP) is 3.67. The van der Waals surface area contributed by atoms with E-state index in [4.69, 9.17) is 0 Å². The lowest BCUT2D eigenvalue weighted by Gasteiger charge is -2.11. The Bertz CT molecular complexity index is 705. The number of rotatable bonds is 3. The summed E-state index contributed by atoms with van der Waals surface area (Å²) in [6, 6.07) is 8.66. The number of alkyl halides is 3. The minimum absolute atomic E-state index is 0.0303. The minimum atomic E-state index is -4.52. The van der Waals surface area contributed by atoms with Gasteiger partial charge in [0.2, 0.25) is 0 Å². The fourth-order valence-electron chi connectivity index (χ4n) is 1.80. The van der Waals surface area contributed by atoms with E-state index in [0.29, 0.717) is 5.56 Å². The lowest BCUT2D eigenvalue weighted by molar-refractivity contribution is -0.143. The minimum Gasteiger partial charge on any atom is -0.448 e. The Labute approximate surface area is 128 Å². The number of benzene rings is 1. The standard InChI is InChI=1S/C14H13F3N2O2S/c1-2-21-13(20)18-12-19(8-10-6-4-3-5-7-10)11(9-22-12)14(15,16)17/h3-7,9H,2,8H2,1H3/b18-12-. The summed E-state index contributed by atoms with van der Waals surface area (Å²) in [5, 5.41) is 0.945. The highest BCUT2D eigenvalue weighted by atomic mass is 32.1. The third-order valence-corrected chi connectivity index (χ3v) is 3.59. The zero-order chi connectivity index (χ0) is 16.2. The SMILES string of the molecule is CCOC(=O)/N=c1\scc(C(F)(F)F)n1Cc1ccccc1. The van der Waals surface area contributed by atoms with Gasteiger partial charge in [-0.15, -0.1) is 16.3 Å². The van der Waals surface area contributed by atoms with E-state index in [9.17, 15) is 18.0 Å². The number of hydrogen-bond donors (Lipinski definition) is 0. The maximum absolute atomic E-state index is 13.1. The van der Waals surface area contributed by atoms with Gasteiger partial charge >= 0.3 is 12.3 Å². The lowest BCUT2D eigenvalue weighted by atomic mass is 10.2. The van der Waals surface area contributed by atoms with Gasteiger partial charge in [-0.2, -0.15) is 13.2 Å². The summed E-state index contributed by atoms with van der Waals surface area (Å²) in [5.41, 5.74) is -0.166. The van der Waals surface area contributed by atoms with Crippen LogP contribution in [0.3, 0.4) is 0 Å². The maximum atomic E-state index is 13.1. The van der Waals surface area contributed by atoms with Gasteiger partial charge in [0.1, 0.15) is 5.69 Å². The van der Waals surface area contributed by atoms with Gasteiger partial charge in [-0.25, -0.2) is 4.79 Å². The van der Waals surface area contributed by atoms with Crippen LogP contribution in [-0.4, -0.2) is 17.3 Å². The number of hydrogen-bond acceptors (Lipinski definition) is 3. The van der Waals surface area contributed by atoms with Crippen molar-refractivity contribution >= 4 is 17.4 Å². The third-order valence-electron chi connectivity index (χ3n) is 2.73. The van der Waals surface area contributed by atoms with E-state index in [0.717, 1.165) is 21.3 Å². The van der Waals surface area contributed by atoms with Crippen molar-refractivity contribution in [2.75, 3.05) is 6.61 Å². The second kappa shape index (κ2) is 6.78. The van der Waals surface area contributed by atoms with Gasteiger partial charge in [0.05, 0.1) is 13.2 Å². The average molecular weight is 330 g/mol. The molecule has 0 aliphatic rings.